The van der Waals surface area contributed by atoms with Crippen LogP contribution in [0.5, 0.6) is 0 Å². The van der Waals surface area contributed by atoms with Crippen molar-refractivity contribution in [2.45, 2.75) is 25.8 Å². The molecule has 2 aromatic rings. The zero-order valence-electron chi connectivity index (χ0n) is 10.3. The van der Waals surface area contributed by atoms with Gasteiger partial charge in [0.05, 0.1) is 11.7 Å². The van der Waals surface area contributed by atoms with Crippen molar-refractivity contribution in [3.63, 3.8) is 0 Å². The molecule has 0 spiro atoms. The van der Waals surface area contributed by atoms with Crippen LogP contribution in [0.25, 0.3) is 11.3 Å². The van der Waals surface area contributed by atoms with E-state index in [2.05, 4.69) is 12.0 Å². The Morgan fingerprint density at radius 2 is 2.11 bits per heavy atom. The van der Waals surface area contributed by atoms with Crippen molar-refractivity contribution in [3.8, 4) is 11.3 Å². The third-order valence-corrected chi connectivity index (χ3v) is 3.60. The molecule has 1 aliphatic rings. The van der Waals surface area contributed by atoms with E-state index in [0.29, 0.717) is 29.0 Å². The van der Waals surface area contributed by atoms with E-state index in [1.54, 1.807) is 24.3 Å². The largest absolute Gasteiger partial charge is 0.384 e. The van der Waals surface area contributed by atoms with Crippen LogP contribution in [0.1, 0.15) is 25.8 Å². The molecule has 0 saturated heterocycles. The summed E-state index contributed by atoms with van der Waals surface area (Å²) in [6.07, 6.45) is 2.46. The summed E-state index contributed by atoms with van der Waals surface area (Å²) in [6.45, 7) is 2.12. The van der Waals surface area contributed by atoms with Gasteiger partial charge in [0.2, 0.25) is 0 Å². The van der Waals surface area contributed by atoms with E-state index in [0.717, 1.165) is 0 Å². The highest BCUT2D eigenvalue weighted by molar-refractivity contribution is 5.62. The first-order chi connectivity index (χ1) is 8.66. The van der Waals surface area contributed by atoms with Gasteiger partial charge in [-0.15, -0.1) is 0 Å². The Morgan fingerprint density at radius 3 is 2.78 bits per heavy atom. The Morgan fingerprint density at radius 1 is 1.39 bits per heavy atom. The van der Waals surface area contributed by atoms with Gasteiger partial charge in [-0.05, 0) is 37.8 Å². The highest BCUT2D eigenvalue weighted by Gasteiger charge is 2.30. The summed E-state index contributed by atoms with van der Waals surface area (Å²) in [4.78, 5) is 0. The molecule has 1 unspecified atom stereocenters. The molecule has 3 rings (SSSR count). The Hall–Kier alpha value is -1.84. The second-order valence-electron chi connectivity index (χ2n) is 4.96. The van der Waals surface area contributed by atoms with Gasteiger partial charge in [-0.2, -0.15) is 5.10 Å². The molecule has 18 heavy (non-hydrogen) atoms. The smallest absolute Gasteiger partial charge is 0.132 e. The van der Waals surface area contributed by atoms with Crippen molar-refractivity contribution < 1.29 is 4.39 Å². The molecule has 0 radical (unpaired) electrons. The minimum atomic E-state index is -0.263. The topological polar surface area (TPSA) is 43.8 Å². The van der Waals surface area contributed by atoms with Crippen molar-refractivity contribution in [3.05, 3.63) is 36.1 Å². The molecule has 94 valence electrons. The highest BCUT2D eigenvalue weighted by atomic mass is 19.1. The number of hydrogen-bond donors (Lipinski definition) is 1. The minimum absolute atomic E-state index is 0.263. The average Bonchev–Trinajstić information content (AvgIpc) is 3.13. The van der Waals surface area contributed by atoms with Gasteiger partial charge in [0.25, 0.3) is 0 Å². The van der Waals surface area contributed by atoms with Crippen LogP contribution in [0.2, 0.25) is 0 Å². The van der Waals surface area contributed by atoms with Crippen LogP contribution in [-0.2, 0) is 0 Å². The fourth-order valence-electron chi connectivity index (χ4n) is 2.31. The van der Waals surface area contributed by atoms with E-state index in [1.807, 2.05) is 4.68 Å². The third kappa shape index (κ3) is 1.88. The summed E-state index contributed by atoms with van der Waals surface area (Å²) in [5.74, 6) is 1.01. The first-order valence-corrected chi connectivity index (χ1v) is 6.26. The standard InChI is InChI=1S/C14H16FN3/c1-9(10-6-7-10)18-14(16)8-13(17-18)11-4-2-3-5-12(11)15/h2-5,8-10H,6-7,16H2,1H3. The van der Waals surface area contributed by atoms with Crippen molar-refractivity contribution in [1.29, 1.82) is 0 Å². The zero-order chi connectivity index (χ0) is 12.7. The number of nitrogens with zero attached hydrogens (tertiary/aromatic N) is 2. The lowest BCUT2D eigenvalue weighted by molar-refractivity contribution is 0.447. The van der Waals surface area contributed by atoms with Crippen LogP contribution < -0.4 is 5.73 Å². The van der Waals surface area contributed by atoms with Gasteiger partial charge in [-0.1, -0.05) is 12.1 Å². The lowest BCUT2D eigenvalue weighted by atomic mass is 10.1. The number of rotatable bonds is 3. The fourth-order valence-corrected chi connectivity index (χ4v) is 2.31. The number of nitrogen functional groups attached to an aromatic ring is 1. The second-order valence-corrected chi connectivity index (χ2v) is 4.96. The SMILES string of the molecule is CC(C1CC1)n1nc(-c2ccccc2F)cc1N. The first kappa shape index (κ1) is 11.3. The summed E-state index contributed by atoms with van der Waals surface area (Å²) >= 11 is 0. The molecular formula is C14H16FN3. The molecule has 0 bridgehead atoms. The molecule has 1 atom stereocenters. The number of benzene rings is 1. The molecule has 1 aliphatic carbocycles. The zero-order valence-corrected chi connectivity index (χ0v) is 10.3. The van der Waals surface area contributed by atoms with E-state index >= 15 is 0 Å². The molecule has 1 aromatic heterocycles. The van der Waals surface area contributed by atoms with Crippen LogP contribution >= 0.6 is 0 Å². The Kier molecular flexibility index (Phi) is 2.58. The van der Waals surface area contributed by atoms with Crippen LogP contribution in [0.3, 0.4) is 0 Å². The summed E-state index contributed by atoms with van der Waals surface area (Å²) in [6, 6.07) is 8.69. The quantitative estimate of drug-likeness (QED) is 0.902. The summed E-state index contributed by atoms with van der Waals surface area (Å²) < 4.78 is 15.5. The van der Waals surface area contributed by atoms with E-state index in [9.17, 15) is 4.39 Å². The lowest BCUT2D eigenvalue weighted by Gasteiger charge is -2.12. The van der Waals surface area contributed by atoms with E-state index < -0.39 is 0 Å². The highest BCUT2D eigenvalue weighted by Crippen LogP contribution is 2.40. The molecule has 1 aromatic carbocycles. The lowest BCUT2D eigenvalue weighted by Crippen LogP contribution is -2.11. The number of aromatic nitrogens is 2. The summed E-state index contributed by atoms with van der Waals surface area (Å²) in [5.41, 5.74) is 7.09. The normalized spacial score (nSPS) is 16.8. The molecule has 0 amide bonds. The van der Waals surface area contributed by atoms with Crippen LogP contribution in [0, 0.1) is 11.7 Å². The summed E-state index contributed by atoms with van der Waals surface area (Å²) in [5, 5.41) is 4.45. The predicted octanol–water partition coefficient (Wildman–Crippen LogP) is 3.24. The summed E-state index contributed by atoms with van der Waals surface area (Å²) in [7, 11) is 0. The number of nitrogens with two attached hydrogens (primary N) is 1. The van der Waals surface area contributed by atoms with Crippen molar-refractivity contribution in [2.75, 3.05) is 5.73 Å². The number of halogens is 1. The Labute approximate surface area is 105 Å². The van der Waals surface area contributed by atoms with Gasteiger partial charge in [0.15, 0.2) is 0 Å². The molecule has 0 aliphatic heterocycles. The van der Waals surface area contributed by atoms with Crippen LogP contribution in [-0.4, -0.2) is 9.78 Å². The molecule has 1 saturated carbocycles. The molecule has 3 nitrogen and oxygen atoms in total. The molecular weight excluding hydrogens is 229 g/mol. The predicted molar refractivity (Wildman–Crippen MR) is 69.5 cm³/mol. The fraction of sp³-hybridized carbons (Fsp3) is 0.357. The molecule has 1 heterocycles. The monoisotopic (exact) mass is 245 g/mol. The van der Waals surface area contributed by atoms with E-state index in [1.165, 1.54) is 18.9 Å². The van der Waals surface area contributed by atoms with Gasteiger partial charge in [-0.3, -0.25) is 0 Å². The van der Waals surface area contributed by atoms with E-state index in [-0.39, 0.29) is 5.82 Å². The van der Waals surface area contributed by atoms with Crippen LogP contribution in [0.15, 0.2) is 30.3 Å². The van der Waals surface area contributed by atoms with Gasteiger partial charge in [0, 0.05) is 11.6 Å². The third-order valence-electron chi connectivity index (χ3n) is 3.60. The van der Waals surface area contributed by atoms with Crippen LogP contribution in [0.4, 0.5) is 10.2 Å². The number of anilines is 1. The van der Waals surface area contributed by atoms with Gasteiger partial charge in [0.1, 0.15) is 11.6 Å². The van der Waals surface area contributed by atoms with Crippen molar-refractivity contribution in [1.82, 2.24) is 9.78 Å². The maximum atomic E-state index is 13.7. The van der Waals surface area contributed by atoms with Crippen molar-refractivity contribution >= 4 is 5.82 Å². The van der Waals surface area contributed by atoms with Crippen molar-refractivity contribution in [2.24, 2.45) is 5.92 Å². The van der Waals surface area contributed by atoms with Gasteiger partial charge >= 0.3 is 0 Å². The second kappa shape index (κ2) is 4.12. The minimum Gasteiger partial charge on any atom is -0.384 e. The molecule has 4 heteroatoms. The average molecular weight is 245 g/mol. The van der Waals surface area contributed by atoms with Gasteiger partial charge in [-0.25, -0.2) is 9.07 Å². The van der Waals surface area contributed by atoms with Gasteiger partial charge < -0.3 is 5.73 Å². The first-order valence-electron chi connectivity index (χ1n) is 6.26. The number of hydrogen-bond acceptors (Lipinski definition) is 2. The van der Waals surface area contributed by atoms with E-state index in [4.69, 9.17) is 5.73 Å². The maximum absolute atomic E-state index is 13.7. The maximum Gasteiger partial charge on any atom is 0.132 e. The Balaban J connectivity index is 1.99. The molecule has 2 N–H and O–H groups in total. The molecule has 1 fully saturated rings. The Bertz CT molecular complexity index is 572.